The third-order valence-corrected chi connectivity index (χ3v) is 5.40. The van der Waals surface area contributed by atoms with Gasteiger partial charge in [-0.2, -0.15) is 0 Å². The monoisotopic (exact) mass is 452 g/mol. The fourth-order valence-electron chi connectivity index (χ4n) is 2.76. The smallest absolute Gasteiger partial charge is 0.344 e. The van der Waals surface area contributed by atoms with Crippen molar-refractivity contribution in [3.05, 3.63) is 77.2 Å². The number of amides is 1. The molecule has 8 nitrogen and oxygen atoms in total. The fraction of sp³-hybridized carbons (Fsp3) is 0.130. The Kier molecular flexibility index (Phi) is 7.11. The Labute approximate surface area is 188 Å². The maximum Gasteiger partial charge on any atom is 0.344 e. The van der Waals surface area contributed by atoms with Gasteiger partial charge in [-0.05, 0) is 55.1 Å². The van der Waals surface area contributed by atoms with Gasteiger partial charge in [-0.1, -0.05) is 24.3 Å². The molecule has 0 aliphatic carbocycles. The van der Waals surface area contributed by atoms with E-state index in [4.69, 9.17) is 14.9 Å². The zero-order chi connectivity index (χ0) is 23.3. The Hall–Kier alpha value is -3.85. The summed E-state index contributed by atoms with van der Waals surface area (Å²) < 4.78 is 5.51. The number of aliphatic imine (C=N–C) groups is 1. The van der Waals surface area contributed by atoms with Crippen molar-refractivity contribution < 1.29 is 29.3 Å². The summed E-state index contributed by atoms with van der Waals surface area (Å²) in [5, 5.41) is 18.6. The van der Waals surface area contributed by atoms with E-state index < -0.39 is 18.0 Å². The van der Waals surface area contributed by atoms with Crippen molar-refractivity contribution in [3.8, 4) is 5.75 Å². The number of benzene rings is 2. The Morgan fingerprint density at radius 1 is 1.19 bits per heavy atom. The molecule has 1 aliphatic heterocycles. The van der Waals surface area contributed by atoms with Gasteiger partial charge in [-0.25, -0.2) is 14.6 Å². The quantitative estimate of drug-likeness (QED) is 0.459. The molecule has 1 atom stereocenters. The molecule has 1 saturated heterocycles. The minimum atomic E-state index is -1.10. The predicted molar refractivity (Wildman–Crippen MR) is 122 cm³/mol. The van der Waals surface area contributed by atoms with E-state index >= 15 is 0 Å². The predicted octanol–water partition coefficient (Wildman–Crippen LogP) is 4.03. The lowest BCUT2D eigenvalue weighted by Gasteiger charge is -2.13. The molecule has 1 fully saturated rings. The molecular weight excluding hydrogens is 432 g/mol. The zero-order valence-electron chi connectivity index (χ0n) is 17.1. The van der Waals surface area contributed by atoms with E-state index in [9.17, 15) is 14.4 Å². The van der Waals surface area contributed by atoms with Gasteiger partial charge in [0.1, 0.15) is 5.75 Å². The highest BCUT2D eigenvalue weighted by molar-refractivity contribution is 8.18. The molecular formula is C23H20N2O6S. The van der Waals surface area contributed by atoms with Crippen LogP contribution in [-0.2, 0) is 9.59 Å². The number of thioether (sulfide) groups is 1. The van der Waals surface area contributed by atoms with Gasteiger partial charge in [-0.15, -0.1) is 6.58 Å². The van der Waals surface area contributed by atoms with Crippen LogP contribution in [0.4, 0.5) is 5.69 Å². The first kappa shape index (κ1) is 22.8. The maximum atomic E-state index is 13.0. The van der Waals surface area contributed by atoms with Crippen molar-refractivity contribution in [3.63, 3.8) is 0 Å². The van der Waals surface area contributed by atoms with Gasteiger partial charge in [0.15, 0.2) is 11.3 Å². The van der Waals surface area contributed by atoms with Crippen LogP contribution in [0.5, 0.6) is 5.75 Å². The normalized spacial score (nSPS) is 16.9. The number of aromatic carboxylic acids is 1. The lowest BCUT2D eigenvalue weighted by Crippen LogP contribution is -2.29. The lowest BCUT2D eigenvalue weighted by atomic mass is 10.2. The van der Waals surface area contributed by atoms with E-state index in [1.54, 1.807) is 48.6 Å². The number of carboxylic acids is 2. The minimum absolute atomic E-state index is 0.139. The summed E-state index contributed by atoms with van der Waals surface area (Å²) in [6.07, 6.45) is 2.16. The number of rotatable bonds is 8. The Balaban J connectivity index is 1.93. The zero-order valence-corrected chi connectivity index (χ0v) is 17.9. The number of para-hydroxylation sites is 1. The topological polar surface area (TPSA) is 117 Å². The Morgan fingerprint density at radius 3 is 2.50 bits per heavy atom. The Morgan fingerprint density at radius 2 is 1.88 bits per heavy atom. The summed E-state index contributed by atoms with van der Waals surface area (Å²) in [4.78, 5) is 41.5. The van der Waals surface area contributed by atoms with Crippen molar-refractivity contribution in [2.45, 2.75) is 13.0 Å². The standard InChI is InChI=1S/C23H20N2O6S/c1-3-12-25-20(26)19(13-16-6-4-5-7-18(16)31-14(2)21(27)28)32-23(25)24-17-10-8-15(9-11-17)22(29)30/h3-11,13-14H,1,12H2,2H3,(H,27,28)(H,29,30)/b19-13-,24-23?. The number of ether oxygens (including phenoxy) is 1. The van der Waals surface area contributed by atoms with E-state index in [1.807, 2.05) is 0 Å². The van der Waals surface area contributed by atoms with Crippen molar-refractivity contribution in [2.24, 2.45) is 4.99 Å². The second-order valence-electron chi connectivity index (χ2n) is 6.70. The molecule has 1 amide bonds. The van der Waals surface area contributed by atoms with Crippen molar-refractivity contribution in [1.29, 1.82) is 0 Å². The molecule has 164 valence electrons. The summed E-state index contributed by atoms with van der Waals surface area (Å²) in [6, 6.07) is 12.8. The SMILES string of the molecule is C=CCN1C(=O)/C(=C/c2ccccc2OC(C)C(=O)O)SC1=Nc1ccc(C(=O)O)cc1. The van der Waals surface area contributed by atoms with Crippen LogP contribution in [-0.4, -0.2) is 50.8 Å². The van der Waals surface area contributed by atoms with Crippen molar-refractivity contribution in [2.75, 3.05) is 6.54 Å². The van der Waals surface area contributed by atoms with Crippen LogP contribution >= 0.6 is 11.8 Å². The van der Waals surface area contributed by atoms with Crippen LogP contribution in [0.15, 0.2) is 71.1 Å². The van der Waals surface area contributed by atoms with Crippen LogP contribution in [0.1, 0.15) is 22.8 Å². The highest BCUT2D eigenvalue weighted by Crippen LogP contribution is 2.35. The number of amidine groups is 1. The van der Waals surface area contributed by atoms with E-state index in [0.29, 0.717) is 27.1 Å². The van der Waals surface area contributed by atoms with Gasteiger partial charge in [0.05, 0.1) is 16.2 Å². The molecule has 2 N–H and O–H groups in total. The van der Waals surface area contributed by atoms with Gasteiger partial charge < -0.3 is 14.9 Å². The van der Waals surface area contributed by atoms with Crippen molar-refractivity contribution in [1.82, 2.24) is 4.90 Å². The molecule has 0 radical (unpaired) electrons. The number of hydrogen-bond acceptors (Lipinski definition) is 6. The largest absolute Gasteiger partial charge is 0.479 e. The van der Waals surface area contributed by atoms with Crippen LogP contribution in [0, 0.1) is 0 Å². The van der Waals surface area contributed by atoms with Crippen LogP contribution in [0.25, 0.3) is 6.08 Å². The summed E-state index contributed by atoms with van der Waals surface area (Å²) in [5.74, 6) is -2.07. The number of carbonyl (C=O) groups is 3. The summed E-state index contributed by atoms with van der Waals surface area (Å²) >= 11 is 1.15. The van der Waals surface area contributed by atoms with Gasteiger partial charge in [0, 0.05) is 12.1 Å². The fourth-order valence-corrected chi connectivity index (χ4v) is 3.76. The second-order valence-corrected chi connectivity index (χ2v) is 7.71. The van der Waals surface area contributed by atoms with Gasteiger partial charge in [0.2, 0.25) is 0 Å². The minimum Gasteiger partial charge on any atom is -0.479 e. The summed E-state index contributed by atoms with van der Waals surface area (Å²) in [6.45, 7) is 5.35. The molecule has 0 spiro atoms. The average Bonchev–Trinajstić information content (AvgIpc) is 3.04. The molecule has 1 heterocycles. The molecule has 9 heteroatoms. The first-order valence-electron chi connectivity index (χ1n) is 9.53. The van der Waals surface area contributed by atoms with E-state index in [2.05, 4.69) is 11.6 Å². The molecule has 0 saturated carbocycles. The third-order valence-electron chi connectivity index (χ3n) is 4.40. The van der Waals surface area contributed by atoms with E-state index in [-0.39, 0.29) is 18.0 Å². The highest BCUT2D eigenvalue weighted by Gasteiger charge is 2.33. The van der Waals surface area contributed by atoms with E-state index in [0.717, 1.165) is 11.8 Å². The molecule has 32 heavy (non-hydrogen) atoms. The maximum absolute atomic E-state index is 13.0. The highest BCUT2D eigenvalue weighted by atomic mass is 32.2. The number of carboxylic acid groups (broad SMARTS) is 2. The van der Waals surface area contributed by atoms with Gasteiger partial charge in [0.25, 0.3) is 5.91 Å². The average molecular weight is 452 g/mol. The lowest BCUT2D eigenvalue weighted by molar-refractivity contribution is -0.144. The summed E-state index contributed by atoms with van der Waals surface area (Å²) in [5.41, 5.74) is 1.20. The molecule has 1 unspecified atom stereocenters. The molecule has 0 aromatic heterocycles. The van der Waals surface area contributed by atoms with Crippen LogP contribution < -0.4 is 4.74 Å². The van der Waals surface area contributed by atoms with Crippen molar-refractivity contribution >= 4 is 46.5 Å². The molecule has 0 bridgehead atoms. The Bertz CT molecular complexity index is 1120. The molecule has 2 aromatic carbocycles. The number of aliphatic carboxylic acids is 1. The molecule has 2 aromatic rings. The van der Waals surface area contributed by atoms with Crippen LogP contribution in [0.3, 0.4) is 0 Å². The van der Waals surface area contributed by atoms with E-state index in [1.165, 1.54) is 24.0 Å². The second kappa shape index (κ2) is 9.97. The third kappa shape index (κ3) is 5.25. The number of nitrogens with zero attached hydrogens (tertiary/aromatic N) is 2. The molecule has 1 aliphatic rings. The first-order valence-corrected chi connectivity index (χ1v) is 10.3. The first-order chi connectivity index (χ1) is 15.3. The number of hydrogen-bond donors (Lipinski definition) is 2. The van der Waals surface area contributed by atoms with Crippen LogP contribution in [0.2, 0.25) is 0 Å². The van der Waals surface area contributed by atoms with Gasteiger partial charge in [-0.3, -0.25) is 9.69 Å². The molecule has 3 rings (SSSR count). The van der Waals surface area contributed by atoms with Gasteiger partial charge >= 0.3 is 11.9 Å². The number of carbonyl (C=O) groups excluding carboxylic acids is 1. The summed E-state index contributed by atoms with van der Waals surface area (Å²) in [7, 11) is 0.